The first-order valence-electron chi connectivity index (χ1n) is 6.64. The summed E-state index contributed by atoms with van der Waals surface area (Å²) < 4.78 is 0. The molecule has 1 atom stereocenters. The number of fused-ring (bicyclic) bond motifs is 3. The molecule has 90 valence electrons. The van der Waals surface area contributed by atoms with Gasteiger partial charge in [-0.05, 0) is 43.9 Å². The van der Waals surface area contributed by atoms with Gasteiger partial charge in [-0.3, -0.25) is 0 Å². The minimum atomic E-state index is 0.541. The Hall–Kier alpha value is -1.28. The SMILES string of the molecule is CCNC1CCCc2[nH]c3c(C)cccc3c21. The maximum absolute atomic E-state index is 3.63. The molecule has 1 heterocycles. The van der Waals surface area contributed by atoms with Crippen molar-refractivity contribution in [3.8, 4) is 0 Å². The average Bonchev–Trinajstić information content (AvgIpc) is 2.71. The predicted molar refractivity (Wildman–Crippen MR) is 72.4 cm³/mol. The molecule has 0 aliphatic heterocycles. The molecule has 0 bridgehead atoms. The first-order valence-corrected chi connectivity index (χ1v) is 6.64. The first-order chi connectivity index (χ1) is 8.31. The van der Waals surface area contributed by atoms with Crippen molar-refractivity contribution in [2.45, 2.75) is 39.2 Å². The largest absolute Gasteiger partial charge is 0.358 e. The quantitative estimate of drug-likeness (QED) is 0.809. The number of hydrogen-bond acceptors (Lipinski definition) is 1. The number of hydrogen-bond donors (Lipinski definition) is 2. The van der Waals surface area contributed by atoms with Crippen LogP contribution in [0.25, 0.3) is 10.9 Å². The molecule has 0 saturated heterocycles. The van der Waals surface area contributed by atoms with Crippen molar-refractivity contribution in [2.24, 2.45) is 0 Å². The van der Waals surface area contributed by atoms with Crippen molar-refractivity contribution >= 4 is 10.9 Å². The molecule has 0 amide bonds. The molecule has 2 nitrogen and oxygen atoms in total. The van der Waals surface area contributed by atoms with E-state index in [1.165, 1.54) is 47.0 Å². The fourth-order valence-electron chi connectivity index (χ4n) is 3.11. The Kier molecular flexibility index (Phi) is 2.67. The van der Waals surface area contributed by atoms with Gasteiger partial charge in [0.2, 0.25) is 0 Å². The first kappa shape index (κ1) is 10.8. The topological polar surface area (TPSA) is 27.8 Å². The maximum atomic E-state index is 3.63. The molecule has 17 heavy (non-hydrogen) atoms. The minimum absolute atomic E-state index is 0.541. The highest BCUT2D eigenvalue weighted by Crippen LogP contribution is 2.36. The average molecular weight is 228 g/mol. The van der Waals surface area contributed by atoms with Crippen LogP contribution >= 0.6 is 0 Å². The lowest BCUT2D eigenvalue weighted by molar-refractivity contribution is 0.473. The molecule has 1 aromatic heterocycles. The minimum Gasteiger partial charge on any atom is -0.358 e. The highest BCUT2D eigenvalue weighted by Gasteiger charge is 2.23. The van der Waals surface area contributed by atoms with Crippen LogP contribution in [0.4, 0.5) is 0 Å². The zero-order chi connectivity index (χ0) is 11.8. The van der Waals surface area contributed by atoms with Crippen LogP contribution in [-0.2, 0) is 6.42 Å². The standard InChI is InChI=1S/C15H20N2/c1-3-16-12-8-5-9-13-14(12)11-7-4-6-10(2)15(11)17-13/h4,6-7,12,16-17H,3,5,8-9H2,1-2H3. The molecule has 0 spiro atoms. The molecule has 3 rings (SSSR count). The smallest absolute Gasteiger partial charge is 0.0489 e. The Morgan fingerprint density at radius 2 is 2.29 bits per heavy atom. The van der Waals surface area contributed by atoms with Crippen molar-refractivity contribution in [1.29, 1.82) is 0 Å². The van der Waals surface area contributed by atoms with Gasteiger partial charge in [0, 0.05) is 22.6 Å². The van der Waals surface area contributed by atoms with Gasteiger partial charge in [-0.1, -0.05) is 25.1 Å². The molecule has 1 aliphatic carbocycles. The van der Waals surface area contributed by atoms with E-state index in [1.54, 1.807) is 0 Å². The van der Waals surface area contributed by atoms with Crippen molar-refractivity contribution < 1.29 is 0 Å². The molecule has 1 aromatic carbocycles. The molecule has 1 unspecified atom stereocenters. The number of aryl methyl sites for hydroxylation is 2. The zero-order valence-corrected chi connectivity index (χ0v) is 10.6. The van der Waals surface area contributed by atoms with Crippen molar-refractivity contribution in [1.82, 2.24) is 10.3 Å². The second-order valence-electron chi connectivity index (χ2n) is 5.02. The number of para-hydroxylation sites is 1. The third kappa shape index (κ3) is 1.67. The number of H-pyrrole nitrogens is 1. The molecule has 2 aromatic rings. The normalized spacial score (nSPS) is 19.5. The summed E-state index contributed by atoms with van der Waals surface area (Å²) in [6.07, 6.45) is 3.75. The number of rotatable bonds is 2. The van der Waals surface area contributed by atoms with Gasteiger partial charge in [-0.25, -0.2) is 0 Å². The van der Waals surface area contributed by atoms with Gasteiger partial charge in [0.15, 0.2) is 0 Å². The molecule has 2 heteroatoms. The lowest BCUT2D eigenvalue weighted by Gasteiger charge is -2.23. The third-order valence-corrected chi connectivity index (χ3v) is 3.88. The zero-order valence-electron chi connectivity index (χ0n) is 10.6. The molecule has 0 radical (unpaired) electrons. The van der Waals surface area contributed by atoms with Crippen molar-refractivity contribution in [3.05, 3.63) is 35.0 Å². The van der Waals surface area contributed by atoms with E-state index in [4.69, 9.17) is 0 Å². The summed E-state index contributed by atoms with van der Waals surface area (Å²) in [7, 11) is 0. The monoisotopic (exact) mass is 228 g/mol. The number of aromatic amines is 1. The Balaban J connectivity index is 2.20. The molecular weight excluding hydrogens is 208 g/mol. The predicted octanol–water partition coefficient (Wildman–Crippen LogP) is 3.46. The highest BCUT2D eigenvalue weighted by atomic mass is 14.9. The van der Waals surface area contributed by atoms with E-state index >= 15 is 0 Å². The van der Waals surface area contributed by atoms with E-state index < -0.39 is 0 Å². The summed E-state index contributed by atoms with van der Waals surface area (Å²) in [6, 6.07) is 7.16. The summed E-state index contributed by atoms with van der Waals surface area (Å²) in [5, 5.41) is 5.04. The van der Waals surface area contributed by atoms with Crippen LogP contribution < -0.4 is 5.32 Å². The number of nitrogens with one attached hydrogen (secondary N) is 2. The maximum Gasteiger partial charge on any atom is 0.0489 e. The van der Waals surface area contributed by atoms with Crippen LogP contribution in [0, 0.1) is 6.92 Å². The summed E-state index contributed by atoms with van der Waals surface area (Å²) in [6.45, 7) is 5.42. The van der Waals surface area contributed by atoms with Crippen LogP contribution in [0.15, 0.2) is 18.2 Å². The van der Waals surface area contributed by atoms with Crippen LogP contribution in [0.1, 0.15) is 42.6 Å². The van der Waals surface area contributed by atoms with Gasteiger partial charge in [0.1, 0.15) is 0 Å². The van der Waals surface area contributed by atoms with Gasteiger partial charge in [0.25, 0.3) is 0 Å². The molecule has 0 saturated carbocycles. The van der Waals surface area contributed by atoms with Gasteiger partial charge in [0.05, 0.1) is 0 Å². The van der Waals surface area contributed by atoms with Gasteiger partial charge in [-0.15, -0.1) is 0 Å². The Labute approximate surface area is 102 Å². The van der Waals surface area contributed by atoms with Crippen LogP contribution in [0.2, 0.25) is 0 Å². The summed E-state index contributed by atoms with van der Waals surface area (Å²) in [5.41, 5.74) is 5.66. The fourth-order valence-corrected chi connectivity index (χ4v) is 3.11. The van der Waals surface area contributed by atoms with Crippen LogP contribution in [0.3, 0.4) is 0 Å². The van der Waals surface area contributed by atoms with E-state index in [2.05, 4.69) is 42.3 Å². The van der Waals surface area contributed by atoms with E-state index in [-0.39, 0.29) is 0 Å². The Morgan fingerprint density at radius 1 is 1.41 bits per heavy atom. The molecule has 2 N–H and O–H groups in total. The molecule has 0 fully saturated rings. The number of aromatic nitrogens is 1. The summed E-state index contributed by atoms with van der Waals surface area (Å²) >= 11 is 0. The third-order valence-electron chi connectivity index (χ3n) is 3.88. The van der Waals surface area contributed by atoms with Crippen LogP contribution in [-0.4, -0.2) is 11.5 Å². The molecule has 1 aliphatic rings. The Bertz CT molecular complexity index is 539. The Morgan fingerprint density at radius 3 is 3.12 bits per heavy atom. The second kappa shape index (κ2) is 4.19. The van der Waals surface area contributed by atoms with E-state index in [9.17, 15) is 0 Å². The summed E-state index contributed by atoms with van der Waals surface area (Å²) in [4.78, 5) is 3.63. The molecular formula is C15H20N2. The van der Waals surface area contributed by atoms with Gasteiger partial charge in [-0.2, -0.15) is 0 Å². The van der Waals surface area contributed by atoms with Crippen LogP contribution in [0.5, 0.6) is 0 Å². The second-order valence-corrected chi connectivity index (χ2v) is 5.02. The van der Waals surface area contributed by atoms with E-state index in [0.717, 1.165) is 6.54 Å². The van der Waals surface area contributed by atoms with Crippen molar-refractivity contribution in [2.75, 3.05) is 6.54 Å². The van der Waals surface area contributed by atoms with Gasteiger partial charge >= 0.3 is 0 Å². The highest BCUT2D eigenvalue weighted by molar-refractivity contribution is 5.88. The van der Waals surface area contributed by atoms with E-state index in [0.29, 0.717) is 6.04 Å². The van der Waals surface area contributed by atoms with Gasteiger partial charge < -0.3 is 10.3 Å². The number of benzene rings is 1. The lowest BCUT2D eigenvalue weighted by Crippen LogP contribution is -2.24. The van der Waals surface area contributed by atoms with Crippen molar-refractivity contribution in [3.63, 3.8) is 0 Å². The summed E-state index contributed by atoms with van der Waals surface area (Å²) in [5.74, 6) is 0. The lowest BCUT2D eigenvalue weighted by atomic mass is 9.90. The van der Waals surface area contributed by atoms with E-state index in [1.807, 2.05) is 0 Å². The fraction of sp³-hybridized carbons (Fsp3) is 0.467.